The smallest absolute Gasteiger partial charge is 0.253 e. The summed E-state index contributed by atoms with van der Waals surface area (Å²) in [5.41, 5.74) is 6.32. The van der Waals surface area contributed by atoms with E-state index >= 15 is 0 Å². The van der Waals surface area contributed by atoms with Crippen LogP contribution in [0.5, 0.6) is 0 Å². The Morgan fingerprint density at radius 2 is 1.97 bits per heavy atom. The number of pyridine rings is 1. The fourth-order valence-corrected chi connectivity index (χ4v) is 6.89. The van der Waals surface area contributed by atoms with Crippen LogP contribution in [0.1, 0.15) is 35.0 Å². The van der Waals surface area contributed by atoms with Crippen LogP contribution in [0.2, 0.25) is 0 Å². The molecule has 39 heavy (non-hydrogen) atoms. The van der Waals surface area contributed by atoms with Crippen molar-refractivity contribution in [2.45, 2.75) is 26.2 Å². The van der Waals surface area contributed by atoms with Crippen molar-refractivity contribution in [3.8, 4) is 27.5 Å². The minimum absolute atomic E-state index is 0.0424. The van der Waals surface area contributed by atoms with E-state index in [4.69, 9.17) is 10.1 Å². The maximum absolute atomic E-state index is 13.4. The Morgan fingerprint density at radius 1 is 1.10 bits per heavy atom. The summed E-state index contributed by atoms with van der Waals surface area (Å²) in [6.07, 6.45) is 6.08. The summed E-state index contributed by atoms with van der Waals surface area (Å²) in [6.45, 7) is 4.84. The van der Waals surface area contributed by atoms with E-state index in [1.54, 1.807) is 6.20 Å². The van der Waals surface area contributed by atoms with Crippen molar-refractivity contribution in [1.82, 2.24) is 29.5 Å². The lowest BCUT2D eigenvalue weighted by molar-refractivity contribution is -0.114. The maximum atomic E-state index is 13.4. The molecule has 0 spiro atoms. The highest BCUT2D eigenvalue weighted by atomic mass is 79.9. The van der Waals surface area contributed by atoms with Crippen molar-refractivity contribution in [3.63, 3.8) is 0 Å². The zero-order chi connectivity index (χ0) is 27.1. The normalized spacial score (nSPS) is 15.4. The molecule has 1 aliphatic heterocycles. The van der Waals surface area contributed by atoms with Crippen LogP contribution < -0.4 is 5.32 Å². The molecule has 4 aromatic rings. The molecule has 1 N–H and O–H groups in total. The predicted molar refractivity (Wildman–Crippen MR) is 155 cm³/mol. The van der Waals surface area contributed by atoms with Gasteiger partial charge < -0.3 is 15.1 Å². The molecule has 0 radical (unpaired) electrons. The molecule has 2 amide bonds. The van der Waals surface area contributed by atoms with Crippen LogP contribution in [0, 0.1) is 0 Å². The van der Waals surface area contributed by atoms with Crippen molar-refractivity contribution < 1.29 is 9.59 Å². The Bertz CT molecular complexity index is 1570. The molecule has 4 heterocycles. The first-order chi connectivity index (χ1) is 18.9. The van der Waals surface area contributed by atoms with Gasteiger partial charge >= 0.3 is 0 Å². The average Bonchev–Trinajstić information content (AvgIpc) is 3.43. The summed E-state index contributed by atoms with van der Waals surface area (Å²) in [6, 6.07) is 9.65. The van der Waals surface area contributed by atoms with E-state index in [1.165, 1.54) is 18.3 Å². The first-order valence-corrected chi connectivity index (χ1v) is 14.6. The van der Waals surface area contributed by atoms with Crippen LogP contribution in [0.4, 0.5) is 5.13 Å². The number of hydrogen-bond donors (Lipinski definition) is 1. The number of carbonyl (C=O) groups excluding carboxylic acids is 2. The summed E-state index contributed by atoms with van der Waals surface area (Å²) < 4.78 is 2.71. The highest BCUT2D eigenvalue weighted by Crippen LogP contribution is 2.44. The topological polar surface area (TPSA) is 96.2 Å². The standard InChI is InChI=1S/C28H28BrN7O2S/c1-17(37)31-28-32-22-8-7-20-24(19-5-3-10-30-16-19)33-36(25(20)26(22)39-28)23-9-6-18(15-21(23)29)27(38)35-12-4-11-34(2)13-14-35/h3,5-6,9-10,15-16H,4,7-8,11-14H2,1-2H3,(H,31,32,37). The van der Waals surface area contributed by atoms with E-state index < -0.39 is 0 Å². The third-order valence-corrected chi connectivity index (χ3v) is 8.81. The van der Waals surface area contributed by atoms with E-state index in [-0.39, 0.29) is 11.8 Å². The van der Waals surface area contributed by atoms with Gasteiger partial charge in [0.15, 0.2) is 5.13 Å². The van der Waals surface area contributed by atoms with E-state index in [0.29, 0.717) is 10.7 Å². The molecular weight excluding hydrogens is 578 g/mol. The zero-order valence-corrected chi connectivity index (χ0v) is 24.2. The number of hydrogen-bond acceptors (Lipinski definition) is 7. The predicted octanol–water partition coefficient (Wildman–Crippen LogP) is 4.66. The van der Waals surface area contributed by atoms with Gasteiger partial charge in [-0.3, -0.25) is 14.6 Å². The van der Waals surface area contributed by atoms with Gasteiger partial charge in [0.05, 0.1) is 27.6 Å². The molecule has 3 aromatic heterocycles. The quantitative estimate of drug-likeness (QED) is 0.363. The van der Waals surface area contributed by atoms with Gasteiger partial charge in [-0.2, -0.15) is 5.10 Å². The van der Waals surface area contributed by atoms with Crippen LogP contribution in [0.15, 0.2) is 47.2 Å². The number of fused-ring (bicyclic) bond motifs is 3. The van der Waals surface area contributed by atoms with Gasteiger partial charge in [0, 0.05) is 60.1 Å². The number of nitrogens with zero attached hydrogens (tertiary/aromatic N) is 6. The third kappa shape index (κ3) is 5.02. The number of likely N-dealkylation sites (N-methyl/N-ethyl adjacent to an activating group) is 1. The molecule has 6 rings (SSSR count). The second-order valence-corrected chi connectivity index (χ2v) is 11.8. The molecule has 1 fully saturated rings. The number of thiazole rings is 1. The fourth-order valence-electron chi connectivity index (χ4n) is 5.23. The second-order valence-electron chi connectivity index (χ2n) is 9.92. The minimum Gasteiger partial charge on any atom is -0.337 e. The molecule has 0 unspecified atom stereocenters. The first kappa shape index (κ1) is 25.8. The average molecular weight is 607 g/mol. The van der Waals surface area contributed by atoms with Crippen LogP contribution in [-0.4, -0.2) is 74.6 Å². The molecule has 200 valence electrons. The first-order valence-electron chi connectivity index (χ1n) is 13.0. The minimum atomic E-state index is -0.148. The number of benzene rings is 1. The second kappa shape index (κ2) is 10.6. The fraction of sp³-hybridized carbons (Fsp3) is 0.321. The summed E-state index contributed by atoms with van der Waals surface area (Å²) in [5, 5.41) is 8.50. The molecule has 0 bridgehead atoms. The number of aryl methyl sites for hydroxylation is 1. The number of carbonyl (C=O) groups is 2. The molecule has 1 aromatic carbocycles. The van der Waals surface area contributed by atoms with Gasteiger partial charge in [-0.1, -0.05) is 11.3 Å². The molecule has 0 atom stereocenters. The number of anilines is 1. The van der Waals surface area contributed by atoms with E-state index in [2.05, 4.69) is 38.2 Å². The molecule has 11 heteroatoms. The Balaban J connectivity index is 1.43. The summed E-state index contributed by atoms with van der Waals surface area (Å²) in [7, 11) is 2.09. The lowest BCUT2D eigenvalue weighted by Crippen LogP contribution is -2.34. The van der Waals surface area contributed by atoms with Crippen molar-refractivity contribution in [2.24, 2.45) is 0 Å². The van der Waals surface area contributed by atoms with Crippen molar-refractivity contribution in [2.75, 3.05) is 38.5 Å². The lowest BCUT2D eigenvalue weighted by atomic mass is 9.95. The van der Waals surface area contributed by atoms with E-state index in [9.17, 15) is 9.59 Å². The highest BCUT2D eigenvalue weighted by Gasteiger charge is 2.31. The van der Waals surface area contributed by atoms with Crippen molar-refractivity contribution in [1.29, 1.82) is 0 Å². The Hall–Kier alpha value is -3.41. The summed E-state index contributed by atoms with van der Waals surface area (Å²) in [4.78, 5) is 39.3. The van der Waals surface area contributed by atoms with Gasteiger partial charge in [-0.05, 0) is 79.1 Å². The van der Waals surface area contributed by atoms with Gasteiger partial charge in [-0.15, -0.1) is 0 Å². The number of halogens is 1. The molecule has 2 aliphatic rings. The zero-order valence-electron chi connectivity index (χ0n) is 21.8. The Kier molecular flexibility index (Phi) is 7.05. The lowest BCUT2D eigenvalue weighted by Gasteiger charge is -2.21. The molecule has 9 nitrogen and oxygen atoms in total. The van der Waals surface area contributed by atoms with Crippen LogP contribution in [-0.2, 0) is 17.6 Å². The van der Waals surface area contributed by atoms with Crippen LogP contribution in [0.25, 0.3) is 27.5 Å². The largest absolute Gasteiger partial charge is 0.337 e. The van der Waals surface area contributed by atoms with Crippen molar-refractivity contribution >= 4 is 44.2 Å². The highest BCUT2D eigenvalue weighted by molar-refractivity contribution is 9.10. The number of rotatable bonds is 4. The summed E-state index contributed by atoms with van der Waals surface area (Å²) >= 11 is 5.21. The molecule has 1 aliphatic carbocycles. The van der Waals surface area contributed by atoms with Gasteiger partial charge in [-0.25, -0.2) is 9.67 Å². The number of amides is 2. The monoisotopic (exact) mass is 605 g/mol. The van der Waals surface area contributed by atoms with Crippen molar-refractivity contribution in [3.05, 3.63) is 64.0 Å². The van der Waals surface area contributed by atoms with Gasteiger partial charge in [0.2, 0.25) is 5.91 Å². The van der Waals surface area contributed by atoms with E-state index in [0.717, 1.165) is 88.7 Å². The van der Waals surface area contributed by atoms with Gasteiger partial charge in [0.1, 0.15) is 0 Å². The van der Waals surface area contributed by atoms with E-state index in [1.807, 2.05) is 46.1 Å². The van der Waals surface area contributed by atoms with Gasteiger partial charge in [0.25, 0.3) is 5.91 Å². The Morgan fingerprint density at radius 3 is 2.74 bits per heavy atom. The maximum Gasteiger partial charge on any atom is 0.253 e. The number of aromatic nitrogens is 4. The van der Waals surface area contributed by atoms with Crippen LogP contribution in [0.3, 0.4) is 0 Å². The third-order valence-electron chi connectivity index (χ3n) is 7.16. The Labute approximate surface area is 239 Å². The van der Waals surface area contributed by atoms with Crippen LogP contribution >= 0.6 is 27.3 Å². The molecule has 0 saturated carbocycles. The molecular formula is C28H28BrN7O2S. The number of nitrogens with one attached hydrogen (secondary N) is 1. The summed E-state index contributed by atoms with van der Waals surface area (Å²) in [5.74, 6) is -0.106. The molecule has 1 saturated heterocycles. The SMILES string of the molecule is CC(=O)Nc1nc2c(s1)-c1c(c(-c3cccnc3)nn1-c1ccc(C(=O)N3CCCN(C)CC3)cc1Br)CC2.